The molecule has 3 fully saturated rings. The molecule has 34 heavy (non-hydrogen) atoms. The molecule has 8 heteroatoms. The number of fused-ring (bicyclic) bond motifs is 2. The third-order valence-corrected chi connectivity index (χ3v) is 8.39. The molecule has 8 nitrogen and oxygen atoms in total. The molecule has 1 N–H and O–H groups in total. The summed E-state index contributed by atoms with van der Waals surface area (Å²) in [5.74, 6) is -2.66. The summed E-state index contributed by atoms with van der Waals surface area (Å²) >= 11 is 0. The fourth-order valence-electron chi connectivity index (χ4n) is 6.88. The van der Waals surface area contributed by atoms with E-state index in [9.17, 15) is 19.5 Å². The number of aliphatic hydroxyl groups is 1. The molecule has 0 radical (unpaired) electrons. The van der Waals surface area contributed by atoms with Gasteiger partial charge in [0.2, 0.25) is 11.8 Å². The number of carbonyl (C=O) groups is 3. The van der Waals surface area contributed by atoms with E-state index in [2.05, 4.69) is 0 Å². The second-order valence-electron chi connectivity index (χ2n) is 10.5. The molecule has 5 aliphatic rings. The number of hydrogen-bond donors (Lipinski definition) is 1. The normalized spacial score (nSPS) is 39.8. The van der Waals surface area contributed by atoms with Crippen molar-refractivity contribution in [3.05, 3.63) is 24.3 Å². The van der Waals surface area contributed by atoms with Crippen LogP contribution in [0.25, 0.3) is 0 Å². The Morgan fingerprint density at radius 3 is 2.56 bits per heavy atom. The van der Waals surface area contributed by atoms with Crippen molar-refractivity contribution in [1.29, 1.82) is 0 Å². The number of aliphatic hydroxyl groups excluding tert-OH is 1. The Morgan fingerprint density at radius 1 is 1.00 bits per heavy atom. The van der Waals surface area contributed by atoms with Crippen molar-refractivity contribution in [1.82, 2.24) is 9.80 Å². The highest BCUT2D eigenvalue weighted by Crippen LogP contribution is 2.57. The van der Waals surface area contributed by atoms with Gasteiger partial charge in [-0.2, -0.15) is 0 Å². The standard InChI is InChI=1S/C26H36N2O6/c1-25-12-7-2-3-8-17-33-24(32)20(25)19-22(30)28(15-16-29)21-23(31)27(18-10-5-4-6-11-18)14-9-13-26(19,21)34-25/h7,9,12-13,18-21,29H,2-6,8,10-11,14-17H2,1H3/b12-7-/t19-,20+,21?,25-,26-/m0/s1. The van der Waals surface area contributed by atoms with E-state index in [-0.39, 0.29) is 31.0 Å². The van der Waals surface area contributed by atoms with Crippen LogP contribution in [0.4, 0.5) is 0 Å². The van der Waals surface area contributed by atoms with E-state index in [1.807, 2.05) is 36.1 Å². The van der Waals surface area contributed by atoms with Crippen LogP contribution >= 0.6 is 0 Å². The van der Waals surface area contributed by atoms with Crippen molar-refractivity contribution in [3.63, 3.8) is 0 Å². The van der Waals surface area contributed by atoms with Gasteiger partial charge in [-0.15, -0.1) is 0 Å². The first-order valence-corrected chi connectivity index (χ1v) is 12.9. The molecular weight excluding hydrogens is 436 g/mol. The van der Waals surface area contributed by atoms with Crippen LogP contribution in [0.1, 0.15) is 58.3 Å². The van der Waals surface area contributed by atoms with Crippen molar-refractivity contribution >= 4 is 17.8 Å². The lowest BCUT2D eigenvalue weighted by Gasteiger charge is -2.40. The molecule has 0 aromatic rings. The van der Waals surface area contributed by atoms with Crippen LogP contribution < -0.4 is 0 Å². The van der Waals surface area contributed by atoms with Crippen LogP contribution in [0.2, 0.25) is 0 Å². The topological polar surface area (TPSA) is 96.4 Å². The Kier molecular flexibility index (Phi) is 6.31. The summed E-state index contributed by atoms with van der Waals surface area (Å²) in [6.45, 7) is 2.35. The number of cyclic esters (lactones) is 1. The van der Waals surface area contributed by atoms with E-state index >= 15 is 0 Å². The summed E-state index contributed by atoms with van der Waals surface area (Å²) in [6, 6.07) is -0.776. The number of allylic oxidation sites excluding steroid dienone is 1. The van der Waals surface area contributed by atoms with Gasteiger partial charge in [0.05, 0.1) is 24.7 Å². The molecule has 2 amide bonds. The lowest BCUT2D eigenvalue weighted by atomic mass is 9.74. The van der Waals surface area contributed by atoms with Gasteiger partial charge in [-0.25, -0.2) is 0 Å². The smallest absolute Gasteiger partial charge is 0.313 e. The maximum Gasteiger partial charge on any atom is 0.313 e. The molecule has 1 saturated carbocycles. The number of likely N-dealkylation sites (tertiary alicyclic amines) is 1. The fraction of sp³-hybridized carbons (Fsp3) is 0.731. The SMILES string of the molecule is C[C@]12/C=C\CCCCOC(=O)[C@H]1[C@H]1C(=O)N(CCO)C3C(=O)N(C4CCCCC4)CC=C[C@@]31O2. The van der Waals surface area contributed by atoms with Gasteiger partial charge in [0, 0.05) is 19.1 Å². The molecule has 5 atom stereocenters. The van der Waals surface area contributed by atoms with E-state index in [1.54, 1.807) is 0 Å². The number of β-amino-alcohol motifs (C(OH)–C–C–N with tert-alkyl or cyclic N) is 1. The summed E-state index contributed by atoms with van der Waals surface area (Å²) < 4.78 is 12.3. The minimum absolute atomic E-state index is 0.0253. The van der Waals surface area contributed by atoms with E-state index in [1.165, 1.54) is 11.3 Å². The van der Waals surface area contributed by atoms with E-state index in [4.69, 9.17) is 9.47 Å². The number of nitrogens with zero attached hydrogens (tertiary/aromatic N) is 2. The molecule has 1 aliphatic carbocycles. The summed E-state index contributed by atoms with van der Waals surface area (Å²) in [4.78, 5) is 44.7. The van der Waals surface area contributed by atoms with Crippen molar-refractivity contribution in [3.8, 4) is 0 Å². The third-order valence-electron chi connectivity index (χ3n) is 8.39. The van der Waals surface area contributed by atoms with Crippen molar-refractivity contribution in [2.24, 2.45) is 11.8 Å². The number of rotatable bonds is 3. The average Bonchev–Trinajstić information content (AvgIpc) is 3.14. The van der Waals surface area contributed by atoms with Crippen molar-refractivity contribution in [2.45, 2.75) is 81.6 Å². The first-order chi connectivity index (χ1) is 16.4. The fourth-order valence-corrected chi connectivity index (χ4v) is 6.88. The highest BCUT2D eigenvalue weighted by Gasteiger charge is 2.74. The van der Waals surface area contributed by atoms with Crippen LogP contribution in [-0.2, 0) is 23.9 Å². The predicted molar refractivity (Wildman–Crippen MR) is 123 cm³/mol. The second kappa shape index (κ2) is 9.11. The van der Waals surface area contributed by atoms with E-state index < -0.39 is 35.0 Å². The molecule has 0 bridgehead atoms. The van der Waals surface area contributed by atoms with Gasteiger partial charge < -0.3 is 24.4 Å². The molecule has 0 aromatic carbocycles. The van der Waals surface area contributed by atoms with Gasteiger partial charge in [-0.1, -0.05) is 43.6 Å². The molecule has 5 rings (SSSR count). The first-order valence-electron chi connectivity index (χ1n) is 12.9. The molecule has 4 aliphatic heterocycles. The molecule has 4 heterocycles. The number of ether oxygens (including phenoxy) is 2. The lowest BCUT2D eigenvalue weighted by Crippen LogP contribution is -2.58. The van der Waals surface area contributed by atoms with Gasteiger partial charge in [-0.05, 0) is 39.0 Å². The van der Waals surface area contributed by atoms with Crippen molar-refractivity contribution in [2.75, 3.05) is 26.3 Å². The number of hydrogen-bond acceptors (Lipinski definition) is 6. The Morgan fingerprint density at radius 2 is 1.79 bits per heavy atom. The zero-order valence-corrected chi connectivity index (χ0v) is 20.0. The van der Waals surface area contributed by atoms with Crippen LogP contribution in [0.3, 0.4) is 0 Å². The van der Waals surface area contributed by atoms with Crippen LogP contribution in [0, 0.1) is 11.8 Å². The quantitative estimate of drug-likeness (QED) is 0.498. The Hall–Kier alpha value is -2.19. The molecular formula is C26H36N2O6. The average molecular weight is 473 g/mol. The number of esters is 1. The molecule has 2 saturated heterocycles. The monoisotopic (exact) mass is 472 g/mol. The van der Waals surface area contributed by atoms with Gasteiger partial charge in [0.1, 0.15) is 17.6 Å². The first kappa shape index (κ1) is 23.5. The van der Waals surface area contributed by atoms with Gasteiger partial charge in [0.25, 0.3) is 0 Å². The van der Waals surface area contributed by atoms with Gasteiger partial charge >= 0.3 is 5.97 Å². The molecule has 0 aromatic heterocycles. The van der Waals surface area contributed by atoms with Crippen LogP contribution in [-0.4, -0.2) is 82.3 Å². The Labute approximate surface area is 200 Å². The Balaban J connectivity index is 1.59. The molecule has 1 spiro atoms. The minimum Gasteiger partial charge on any atom is -0.465 e. The summed E-state index contributed by atoms with van der Waals surface area (Å²) in [6.07, 6.45) is 15.5. The van der Waals surface area contributed by atoms with Crippen molar-refractivity contribution < 1.29 is 29.0 Å². The van der Waals surface area contributed by atoms with Gasteiger partial charge in [-0.3, -0.25) is 14.4 Å². The third kappa shape index (κ3) is 3.61. The number of amides is 2. The molecule has 1 unspecified atom stereocenters. The lowest BCUT2D eigenvalue weighted by molar-refractivity contribution is -0.160. The zero-order valence-electron chi connectivity index (χ0n) is 20.0. The Bertz CT molecular complexity index is 896. The largest absolute Gasteiger partial charge is 0.465 e. The number of carbonyl (C=O) groups excluding carboxylic acids is 3. The van der Waals surface area contributed by atoms with Gasteiger partial charge in [0.15, 0.2) is 0 Å². The van der Waals surface area contributed by atoms with E-state index in [0.29, 0.717) is 13.2 Å². The summed E-state index contributed by atoms with van der Waals surface area (Å²) in [5, 5.41) is 9.77. The highest BCUT2D eigenvalue weighted by molar-refractivity contribution is 5.99. The second-order valence-corrected chi connectivity index (χ2v) is 10.5. The van der Waals surface area contributed by atoms with Crippen LogP contribution in [0.5, 0.6) is 0 Å². The van der Waals surface area contributed by atoms with E-state index in [0.717, 1.165) is 44.9 Å². The highest BCUT2D eigenvalue weighted by atomic mass is 16.6. The predicted octanol–water partition coefficient (Wildman–Crippen LogP) is 1.96. The maximum absolute atomic E-state index is 14.1. The summed E-state index contributed by atoms with van der Waals surface area (Å²) in [5.41, 5.74) is -2.34. The maximum atomic E-state index is 14.1. The summed E-state index contributed by atoms with van der Waals surface area (Å²) in [7, 11) is 0. The zero-order chi connectivity index (χ0) is 23.9. The van der Waals surface area contributed by atoms with Crippen LogP contribution in [0.15, 0.2) is 24.3 Å². The molecule has 186 valence electrons. The minimum atomic E-state index is -1.27.